The zero-order valence-electron chi connectivity index (χ0n) is 11.1. The predicted octanol–water partition coefficient (Wildman–Crippen LogP) is 3.05. The van der Waals surface area contributed by atoms with Crippen LogP contribution in [0, 0.1) is 5.82 Å². The van der Waals surface area contributed by atoms with Gasteiger partial charge in [0.2, 0.25) is 0 Å². The van der Waals surface area contributed by atoms with Gasteiger partial charge in [-0.3, -0.25) is 0 Å². The Balaban J connectivity index is 2.14. The summed E-state index contributed by atoms with van der Waals surface area (Å²) in [6.45, 7) is 0.602. The molecule has 0 aliphatic carbocycles. The second-order valence-electron chi connectivity index (χ2n) is 4.42. The van der Waals surface area contributed by atoms with Gasteiger partial charge >= 0.3 is 0 Å². The number of ether oxygens (including phenoxy) is 1. The number of rotatable bonds is 4. The number of halogens is 1. The molecule has 0 saturated carbocycles. The molecule has 2 N–H and O–H groups in total. The van der Waals surface area contributed by atoms with Crippen molar-refractivity contribution >= 4 is 11.4 Å². The molecule has 19 heavy (non-hydrogen) atoms. The van der Waals surface area contributed by atoms with Gasteiger partial charge < -0.3 is 15.4 Å². The van der Waals surface area contributed by atoms with E-state index in [4.69, 9.17) is 10.5 Å². The van der Waals surface area contributed by atoms with E-state index in [9.17, 15) is 4.39 Å². The molecular weight excluding hydrogens is 243 g/mol. The Kier molecular flexibility index (Phi) is 3.90. The lowest BCUT2D eigenvalue weighted by Gasteiger charge is -2.20. The van der Waals surface area contributed by atoms with Crippen LogP contribution in [-0.4, -0.2) is 14.2 Å². The smallest absolute Gasteiger partial charge is 0.165 e. The van der Waals surface area contributed by atoms with Gasteiger partial charge in [-0.1, -0.05) is 12.1 Å². The number of nitrogen functional groups attached to an aromatic ring is 1. The van der Waals surface area contributed by atoms with Crippen molar-refractivity contribution < 1.29 is 9.13 Å². The van der Waals surface area contributed by atoms with Gasteiger partial charge in [0, 0.05) is 25.0 Å². The molecule has 0 aromatic heterocycles. The van der Waals surface area contributed by atoms with E-state index in [1.54, 1.807) is 6.07 Å². The van der Waals surface area contributed by atoms with Crippen molar-refractivity contribution in [3.05, 3.63) is 53.8 Å². The first-order chi connectivity index (χ1) is 9.10. The van der Waals surface area contributed by atoms with Crippen LogP contribution in [0.15, 0.2) is 42.5 Å². The number of methoxy groups -OCH3 is 1. The van der Waals surface area contributed by atoms with Crippen LogP contribution in [0.3, 0.4) is 0 Å². The van der Waals surface area contributed by atoms with Crippen LogP contribution in [0.4, 0.5) is 15.8 Å². The van der Waals surface area contributed by atoms with Crippen LogP contribution in [0.5, 0.6) is 5.75 Å². The summed E-state index contributed by atoms with van der Waals surface area (Å²) < 4.78 is 18.5. The van der Waals surface area contributed by atoms with Crippen molar-refractivity contribution in [2.45, 2.75) is 6.54 Å². The molecule has 0 saturated heterocycles. The number of hydrogen-bond acceptors (Lipinski definition) is 3. The highest BCUT2D eigenvalue weighted by Crippen LogP contribution is 2.21. The number of nitrogens with two attached hydrogens (primary N) is 1. The van der Waals surface area contributed by atoms with Crippen molar-refractivity contribution in [3.63, 3.8) is 0 Å². The second kappa shape index (κ2) is 5.61. The van der Waals surface area contributed by atoms with E-state index < -0.39 is 0 Å². The molecule has 0 spiro atoms. The zero-order chi connectivity index (χ0) is 13.8. The van der Waals surface area contributed by atoms with Crippen molar-refractivity contribution in [2.24, 2.45) is 0 Å². The summed E-state index contributed by atoms with van der Waals surface area (Å²) in [5, 5.41) is 0. The lowest BCUT2D eigenvalue weighted by molar-refractivity contribution is 0.386. The van der Waals surface area contributed by atoms with Crippen molar-refractivity contribution in [1.82, 2.24) is 0 Å². The van der Waals surface area contributed by atoms with E-state index >= 15 is 0 Å². The Hall–Kier alpha value is -2.23. The highest BCUT2D eigenvalue weighted by atomic mass is 19.1. The van der Waals surface area contributed by atoms with Gasteiger partial charge in [-0.2, -0.15) is 0 Å². The Morgan fingerprint density at radius 2 is 2.00 bits per heavy atom. The minimum absolute atomic E-state index is 0.260. The second-order valence-corrected chi connectivity index (χ2v) is 4.42. The Morgan fingerprint density at radius 1 is 1.21 bits per heavy atom. The molecule has 0 unspecified atom stereocenters. The van der Waals surface area contributed by atoms with Crippen LogP contribution < -0.4 is 15.4 Å². The normalized spacial score (nSPS) is 10.3. The quantitative estimate of drug-likeness (QED) is 0.859. The highest BCUT2D eigenvalue weighted by Gasteiger charge is 2.06. The Bertz CT molecular complexity index is 572. The van der Waals surface area contributed by atoms with Gasteiger partial charge in [0.05, 0.1) is 7.11 Å². The van der Waals surface area contributed by atoms with Crippen molar-refractivity contribution in [3.8, 4) is 5.75 Å². The van der Waals surface area contributed by atoms with Gasteiger partial charge in [-0.05, 0) is 35.9 Å². The standard InChI is InChI=1S/C15H17FN2O/c1-18(13-5-3-4-12(17)9-13)10-11-6-7-15(19-2)14(16)8-11/h3-9H,10,17H2,1-2H3. The van der Waals surface area contributed by atoms with Crippen LogP contribution in [0.2, 0.25) is 0 Å². The molecule has 0 radical (unpaired) electrons. The third kappa shape index (κ3) is 3.16. The van der Waals surface area contributed by atoms with Gasteiger partial charge in [0.25, 0.3) is 0 Å². The molecule has 4 heteroatoms. The van der Waals surface area contributed by atoms with Crippen LogP contribution >= 0.6 is 0 Å². The summed E-state index contributed by atoms with van der Waals surface area (Å²) in [6, 6.07) is 12.6. The summed E-state index contributed by atoms with van der Waals surface area (Å²) in [4.78, 5) is 2.01. The summed E-state index contributed by atoms with van der Waals surface area (Å²) in [7, 11) is 3.40. The van der Waals surface area contributed by atoms with Crippen LogP contribution in [0.1, 0.15) is 5.56 Å². The van der Waals surface area contributed by atoms with E-state index in [0.29, 0.717) is 12.2 Å². The number of anilines is 2. The number of nitrogens with zero attached hydrogens (tertiary/aromatic N) is 1. The third-order valence-corrected chi connectivity index (χ3v) is 2.95. The molecule has 2 aromatic carbocycles. The van der Waals surface area contributed by atoms with E-state index in [-0.39, 0.29) is 11.6 Å². The fraction of sp³-hybridized carbons (Fsp3) is 0.200. The minimum atomic E-state index is -0.346. The molecule has 0 heterocycles. The zero-order valence-corrected chi connectivity index (χ0v) is 11.1. The summed E-state index contributed by atoms with van der Waals surface area (Å²) >= 11 is 0. The van der Waals surface area contributed by atoms with E-state index in [0.717, 1.165) is 11.3 Å². The molecule has 0 aliphatic rings. The van der Waals surface area contributed by atoms with E-state index in [2.05, 4.69) is 0 Å². The summed E-state index contributed by atoms with van der Waals surface area (Å²) in [5.74, 6) is -0.0867. The van der Waals surface area contributed by atoms with E-state index in [1.807, 2.05) is 42.3 Å². The molecule has 0 aliphatic heterocycles. The molecule has 0 amide bonds. The van der Waals surface area contributed by atoms with Gasteiger partial charge in [-0.25, -0.2) is 4.39 Å². The maximum atomic E-state index is 13.6. The lowest BCUT2D eigenvalue weighted by Crippen LogP contribution is -2.16. The lowest BCUT2D eigenvalue weighted by atomic mass is 10.2. The largest absolute Gasteiger partial charge is 0.494 e. The summed E-state index contributed by atoms with van der Waals surface area (Å²) in [5.41, 5.74) is 8.34. The molecule has 2 rings (SSSR count). The monoisotopic (exact) mass is 260 g/mol. The van der Waals surface area contributed by atoms with Crippen LogP contribution in [0.25, 0.3) is 0 Å². The number of benzene rings is 2. The van der Waals surface area contributed by atoms with Crippen molar-refractivity contribution in [2.75, 3.05) is 24.8 Å². The Labute approximate surface area is 112 Å². The van der Waals surface area contributed by atoms with Gasteiger partial charge in [0.1, 0.15) is 0 Å². The van der Waals surface area contributed by atoms with E-state index in [1.165, 1.54) is 13.2 Å². The molecular formula is C15H17FN2O. The first kappa shape index (κ1) is 13.2. The number of hydrogen-bond donors (Lipinski definition) is 1. The van der Waals surface area contributed by atoms with Crippen LogP contribution in [-0.2, 0) is 6.54 Å². The SMILES string of the molecule is COc1ccc(CN(C)c2cccc(N)c2)cc1F. The maximum absolute atomic E-state index is 13.6. The topological polar surface area (TPSA) is 38.5 Å². The first-order valence-corrected chi connectivity index (χ1v) is 5.99. The molecule has 2 aromatic rings. The van der Waals surface area contributed by atoms with Crippen molar-refractivity contribution in [1.29, 1.82) is 0 Å². The average molecular weight is 260 g/mol. The average Bonchev–Trinajstić information content (AvgIpc) is 2.39. The third-order valence-electron chi connectivity index (χ3n) is 2.95. The predicted molar refractivity (Wildman–Crippen MR) is 75.9 cm³/mol. The summed E-state index contributed by atoms with van der Waals surface area (Å²) in [6.07, 6.45) is 0. The molecule has 0 atom stereocenters. The fourth-order valence-corrected chi connectivity index (χ4v) is 1.94. The van der Waals surface area contributed by atoms with Gasteiger partial charge in [-0.15, -0.1) is 0 Å². The maximum Gasteiger partial charge on any atom is 0.165 e. The Morgan fingerprint density at radius 3 is 2.63 bits per heavy atom. The molecule has 0 fully saturated rings. The minimum Gasteiger partial charge on any atom is -0.494 e. The fourth-order valence-electron chi connectivity index (χ4n) is 1.94. The molecule has 0 bridgehead atoms. The highest BCUT2D eigenvalue weighted by molar-refractivity contribution is 5.55. The molecule has 3 nitrogen and oxygen atoms in total. The first-order valence-electron chi connectivity index (χ1n) is 5.99. The molecule has 100 valence electrons. The van der Waals surface area contributed by atoms with Gasteiger partial charge in [0.15, 0.2) is 11.6 Å².